The van der Waals surface area contributed by atoms with Gasteiger partial charge in [-0.15, -0.1) is 6.42 Å². The fourth-order valence-corrected chi connectivity index (χ4v) is 2.52. The molecule has 1 aromatic heterocycles. The van der Waals surface area contributed by atoms with Crippen molar-refractivity contribution in [2.45, 2.75) is 27.2 Å². The monoisotopic (exact) mass is 279 g/mol. The molecule has 2 aromatic rings. The topological polar surface area (TPSA) is 25.2 Å². The van der Waals surface area contributed by atoms with Crippen LogP contribution in [0.5, 0.6) is 0 Å². The highest BCUT2D eigenvalue weighted by molar-refractivity contribution is 5.58. The number of aromatic nitrogens is 1. The van der Waals surface area contributed by atoms with E-state index in [1.54, 1.807) is 0 Å². The summed E-state index contributed by atoms with van der Waals surface area (Å²) >= 11 is 0. The zero-order chi connectivity index (χ0) is 15.6. The summed E-state index contributed by atoms with van der Waals surface area (Å²) in [5, 5.41) is 9.40. The zero-order valence-corrected chi connectivity index (χ0v) is 12.9. The first-order chi connectivity index (χ1) is 9.93. The predicted molar refractivity (Wildman–Crippen MR) is 88.6 cm³/mol. The fourth-order valence-electron chi connectivity index (χ4n) is 2.52. The van der Waals surface area contributed by atoms with Gasteiger partial charge in [0.05, 0.1) is 0 Å². The maximum atomic E-state index is 9.40. The van der Waals surface area contributed by atoms with Crippen LogP contribution in [0, 0.1) is 25.2 Å². The molecule has 2 nitrogen and oxygen atoms in total. The Morgan fingerprint density at radius 1 is 1.33 bits per heavy atom. The molecule has 0 saturated carbocycles. The van der Waals surface area contributed by atoms with Crippen molar-refractivity contribution in [1.29, 1.82) is 0 Å². The Labute approximate surface area is 126 Å². The van der Waals surface area contributed by atoms with E-state index in [2.05, 4.69) is 37.8 Å². The molecule has 0 aliphatic heterocycles. The van der Waals surface area contributed by atoms with E-state index < -0.39 is 0 Å². The SMILES string of the molecule is C#Cc1cn(-c2ccc(C(=C)O)cc2)c(C)c1CC(C)C. The van der Waals surface area contributed by atoms with Crippen molar-refractivity contribution in [2.24, 2.45) is 5.92 Å². The van der Waals surface area contributed by atoms with Crippen molar-refractivity contribution in [3.63, 3.8) is 0 Å². The van der Waals surface area contributed by atoms with Gasteiger partial charge in [-0.05, 0) is 49.1 Å². The molecule has 21 heavy (non-hydrogen) atoms. The molecule has 0 spiro atoms. The Kier molecular flexibility index (Phi) is 4.23. The summed E-state index contributed by atoms with van der Waals surface area (Å²) in [6, 6.07) is 7.63. The number of nitrogens with zero attached hydrogens (tertiary/aromatic N) is 1. The molecular formula is C19H21NO. The predicted octanol–water partition coefficient (Wildman–Crippen LogP) is 4.49. The number of terminal acetylenes is 1. The van der Waals surface area contributed by atoms with Crippen LogP contribution in [0.4, 0.5) is 0 Å². The lowest BCUT2D eigenvalue weighted by molar-refractivity contribution is 0.514. The molecule has 0 fully saturated rings. The van der Waals surface area contributed by atoms with E-state index in [0.717, 1.165) is 23.2 Å². The number of rotatable bonds is 4. The molecule has 2 rings (SSSR count). The number of hydrogen-bond donors (Lipinski definition) is 1. The average molecular weight is 279 g/mol. The van der Waals surface area contributed by atoms with Crippen LogP contribution in [0.2, 0.25) is 0 Å². The third kappa shape index (κ3) is 3.03. The third-order valence-electron chi connectivity index (χ3n) is 3.63. The van der Waals surface area contributed by atoms with Crippen LogP contribution in [0.15, 0.2) is 37.0 Å². The van der Waals surface area contributed by atoms with E-state index in [0.29, 0.717) is 5.92 Å². The number of hydrogen-bond acceptors (Lipinski definition) is 1. The van der Waals surface area contributed by atoms with Crippen LogP contribution >= 0.6 is 0 Å². The Bertz CT molecular complexity index is 696. The van der Waals surface area contributed by atoms with Gasteiger partial charge >= 0.3 is 0 Å². The maximum absolute atomic E-state index is 9.40. The van der Waals surface area contributed by atoms with Gasteiger partial charge in [0.2, 0.25) is 0 Å². The average Bonchev–Trinajstić information content (AvgIpc) is 2.75. The quantitative estimate of drug-likeness (QED) is 0.647. The van der Waals surface area contributed by atoms with Crippen LogP contribution in [0.3, 0.4) is 0 Å². The number of aliphatic hydroxyl groups is 1. The molecule has 108 valence electrons. The van der Waals surface area contributed by atoms with Gasteiger partial charge in [0, 0.05) is 28.7 Å². The summed E-state index contributed by atoms with van der Waals surface area (Å²) in [4.78, 5) is 0. The molecule has 1 N–H and O–H groups in total. The van der Waals surface area contributed by atoms with Crippen LogP contribution < -0.4 is 0 Å². The van der Waals surface area contributed by atoms with E-state index in [-0.39, 0.29) is 5.76 Å². The number of aliphatic hydroxyl groups excluding tert-OH is 1. The van der Waals surface area contributed by atoms with Crippen LogP contribution in [0.25, 0.3) is 11.4 Å². The summed E-state index contributed by atoms with van der Waals surface area (Å²) in [6.45, 7) is 10.0. The van der Waals surface area contributed by atoms with Gasteiger partial charge in [-0.3, -0.25) is 0 Å². The van der Waals surface area contributed by atoms with Crippen LogP contribution in [-0.2, 0) is 6.42 Å². The molecule has 0 aliphatic carbocycles. The van der Waals surface area contributed by atoms with Crippen molar-refractivity contribution < 1.29 is 5.11 Å². The molecule has 0 saturated heterocycles. The molecule has 2 heteroatoms. The first-order valence-corrected chi connectivity index (χ1v) is 7.10. The fraction of sp³-hybridized carbons (Fsp3) is 0.263. The third-order valence-corrected chi connectivity index (χ3v) is 3.63. The summed E-state index contributed by atoms with van der Waals surface area (Å²) in [5.41, 5.74) is 5.12. The summed E-state index contributed by atoms with van der Waals surface area (Å²) in [6.07, 6.45) is 8.63. The van der Waals surface area contributed by atoms with E-state index in [1.165, 1.54) is 11.3 Å². The highest BCUT2D eigenvalue weighted by atomic mass is 16.3. The lowest BCUT2D eigenvalue weighted by atomic mass is 10.00. The van der Waals surface area contributed by atoms with Gasteiger partial charge < -0.3 is 9.67 Å². The van der Waals surface area contributed by atoms with E-state index in [9.17, 15) is 5.11 Å². The van der Waals surface area contributed by atoms with Crippen LogP contribution in [0.1, 0.15) is 36.2 Å². The minimum Gasteiger partial charge on any atom is -0.508 e. The molecule has 0 amide bonds. The first kappa shape index (κ1) is 15.0. The summed E-state index contributed by atoms with van der Waals surface area (Å²) in [7, 11) is 0. The molecular weight excluding hydrogens is 258 g/mol. The summed E-state index contributed by atoms with van der Waals surface area (Å²) < 4.78 is 2.11. The molecule has 1 heterocycles. The number of benzene rings is 1. The highest BCUT2D eigenvalue weighted by Gasteiger charge is 2.13. The van der Waals surface area contributed by atoms with Crippen molar-refractivity contribution in [1.82, 2.24) is 4.57 Å². The lowest BCUT2D eigenvalue weighted by Crippen LogP contribution is -2.00. The van der Waals surface area contributed by atoms with Crippen molar-refractivity contribution in [3.8, 4) is 18.0 Å². The summed E-state index contributed by atoms with van der Waals surface area (Å²) in [5.74, 6) is 3.43. The van der Waals surface area contributed by atoms with Crippen LogP contribution in [-0.4, -0.2) is 9.67 Å². The minimum atomic E-state index is 0.0792. The van der Waals surface area contributed by atoms with Crippen molar-refractivity contribution >= 4 is 5.76 Å². The first-order valence-electron chi connectivity index (χ1n) is 7.10. The van der Waals surface area contributed by atoms with Gasteiger partial charge in [-0.25, -0.2) is 0 Å². The molecule has 0 unspecified atom stereocenters. The standard InChI is InChI=1S/C19H21NO/c1-6-16-12-20(14(4)19(16)11-13(2)3)18-9-7-17(8-10-18)15(5)21/h1,7-10,12-13,21H,5,11H2,2-4H3. The second kappa shape index (κ2) is 5.93. The minimum absolute atomic E-state index is 0.0792. The maximum Gasteiger partial charge on any atom is 0.115 e. The Morgan fingerprint density at radius 2 is 1.95 bits per heavy atom. The normalized spacial score (nSPS) is 10.6. The van der Waals surface area contributed by atoms with Gasteiger partial charge in [0.1, 0.15) is 5.76 Å². The molecule has 0 bridgehead atoms. The Balaban J connectivity index is 2.47. The highest BCUT2D eigenvalue weighted by Crippen LogP contribution is 2.24. The van der Waals surface area contributed by atoms with E-state index >= 15 is 0 Å². The van der Waals surface area contributed by atoms with Gasteiger partial charge in [-0.2, -0.15) is 0 Å². The largest absolute Gasteiger partial charge is 0.508 e. The molecule has 0 atom stereocenters. The second-order valence-electron chi connectivity index (χ2n) is 5.71. The van der Waals surface area contributed by atoms with E-state index in [1.807, 2.05) is 30.5 Å². The molecule has 1 aromatic carbocycles. The van der Waals surface area contributed by atoms with E-state index in [4.69, 9.17) is 6.42 Å². The molecule has 0 radical (unpaired) electrons. The smallest absolute Gasteiger partial charge is 0.115 e. The van der Waals surface area contributed by atoms with Gasteiger partial charge in [0.15, 0.2) is 0 Å². The van der Waals surface area contributed by atoms with Gasteiger partial charge in [-0.1, -0.05) is 26.3 Å². The van der Waals surface area contributed by atoms with Crippen molar-refractivity contribution in [3.05, 3.63) is 59.4 Å². The lowest BCUT2D eigenvalue weighted by Gasteiger charge is -2.09. The van der Waals surface area contributed by atoms with Gasteiger partial charge in [0.25, 0.3) is 0 Å². The Hall–Kier alpha value is -2.40. The second-order valence-corrected chi connectivity index (χ2v) is 5.71. The van der Waals surface area contributed by atoms with Crippen molar-refractivity contribution in [2.75, 3.05) is 0 Å². The Morgan fingerprint density at radius 3 is 2.43 bits per heavy atom. The zero-order valence-electron chi connectivity index (χ0n) is 12.9. The molecule has 0 aliphatic rings.